The SMILES string of the molecule is COc1ccc(COC(=O)NC(C)C(=O)N[C@@H]2[C@H]3C(=C(O)C[C@@H](O)[C@@H]3O)C(=O)O[C@]2(C)COS(C)(=O)=O)cc1. The van der Waals surface area contributed by atoms with Crippen LogP contribution in [0.5, 0.6) is 5.75 Å². The van der Waals surface area contributed by atoms with Gasteiger partial charge in [0.25, 0.3) is 10.1 Å². The van der Waals surface area contributed by atoms with Crippen LogP contribution < -0.4 is 15.4 Å². The van der Waals surface area contributed by atoms with E-state index in [0.29, 0.717) is 11.3 Å². The zero-order valence-corrected chi connectivity index (χ0v) is 22.6. The molecule has 39 heavy (non-hydrogen) atoms. The van der Waals surface area contributed by atoms with E-state index in [1.807, 2.05) is 0 Å². The van der Waals surface area contributed by atoms with Crippen LogP contribution in [0.1, 0.15) is 25.8 Å². The molecule has 15 heteroatoms. The van der Waals surface area contributed by atoms with Crippen molar-refractivity contribution in [3.05, 3.63) is 41.2 Å². The third kappa shape index (κ3) is 7.17. The number of nitrogens with one attached hydrogen (secondary N) is 2. The molecule has 6 atom stereocenters. The summed E-state index contributed by atoms with van der Waals surface area (Å²) >= 11 is 0. The quantitative estimate of drug-likeness (QED) is 0.190. The monoisotopic (exact) mass is 572 g/mol. The molecular formula is C24H32N2O12S. The predicted octanol–water partition coefficient (Wildman–Crippen LogP) is -0.360. The Balaban J connectivity index is 1.76. The molecule has 1 fully saturated rings. The number of esters is 1. The van der Waals surface area contributed by atoms with Gasteiger partial charge in [-0.05, 0) is 31.5 Å². The van der Waals surface area contributed by atoms with E-state index in [0.717, 1.165) is 6.26 Å². The summed E-state index contributed by atoms with van der Waals surface area (Å²) in [4.78, 5) is 38.1. The molecule has 0 radical (unpaired) electrons. The maximum atomic E-state index is 13.1. The van der Waals surface area contributed by atoms with Crippen LogP contribution in [0.2, 0.25) is 0 Å². The maximum absolute atomic E-state index is 13.1. The maximum Gasteiger partial charge on any atom is 0.408 e. The zero-order valence-electron chi connectivity index (χ0n) is 21.7. The van der Waals surface area contributed by atoms with Crippen molar-refractivity contribution in [3.63, 3.8) is 0 Å². The molecule has 1 aromatic carbocycles. The third-order valence-corrected chi connectivity index (χ3v) is 7.03. The Morgan fingerprint density at radius 1 is 1.23 bits per heavy atom. The number of methoxy groups -OCH3 is 1. The number of benzene rings is 1. The van der Waals surface area contributed by atoms with Gasteiger partial charge in [0, 0.05) is 12.3 Å². The molecule has 0 bridgehead atoms. The molecule has 2 aliphatic rings. The van der Waals surface area contributed by atoms with E-state index in [9.17, 15) is 38.1 Å². The first kappa shape index (κ1) is 30.1. The van der Waals surface area contributed by atoms with E-state index < -0.39 is 82.7 Å². The molecule has 0 saturated carbocycles. The van der Waals surface area contributed by atoms with E-state index in [-0.39, 0.29) is 12.2 Å². The van der Waals surface area contributed by atoms with Crippen molar-refractivity contribution < 1.29 is 56.5 Å². The number of carbonyl (C=O) groups excluding carboxylic acids is 3. The van der Waals surface area contributed by atoms with Gasteiger partial charge in [0.15, 0.2) is 5.60 Å². The molecule has 0 aromatic heterocycles. The molecule has 1 aromatic rings. The minimum absolute atomic E-state index is 0.0940. The average Bonchev–Trinajstić information content (AvgIpc) is 2.86. The first-order valence-electron chi connectivity index (χ1n) is 11.9. The van der Waals surface area contributed by atoms with E-state index in [1.165, 1.54) is 21.0 Å². The minimum Gasteiger partial charge on any atom is -0.512 e. The molecule has 2 amide bonds. The number of rotatable bonds is 9. The van der Waals surface area contributed by atoms with Gasteiger partial charge in [-0.3, -0.25) is 8.98 Å². The molecular weight excluding hydrogens is 540 g/mol. The minimum atomic E-state index is -4.02. The van der Waals surface area contributed by atoms with Crippen LogP contribution in [0.15, 0.2) is 35.6 Å². The largest absolute Gasteiger partial charge is 0.512 e. The standard InChI is InChI=1S/C24H32N2O12S/c1-12(25-23(32)36-10-13-5-7-14(35-3)8-6-13)21(30)26-20-18-17(15(27)9-16(28)19(18)29)22(31)38-24(20,2)11-37-39(4,33)34/h5-8,12,16,18-20,27-29H,9-11H2,1-4H3,(H,25,32)(H,26,30)/t12?,16-,18+,19+,20-,24-/m1/s1. The summed E-state index contributed by atoms with van der Waals surface area (Å²) in [5, 5.41) is 36.2. The molecule has 5 N–H and O–H groups in total. The Hall–Kier alpha value is -3.40. The van der Waals surface area contributed by atoms with Gasteiger partial charge in [-0.25, -0.2) is 9.59 Å². The van der Waals surface area contributed by atoms with Crippen LogP contribution in [-0.4, -0.2) is 91.6 Å². The van der Waals surface area contributed by atoms with E-state index in [1.54, 1.807) is 24.3 Å². The second kappa shape index (κ2) is 11.8. The number of alkyl carbamates (subject to hydrolysis) is 1. The van der Waals surface area contributed by atoms with Crippen LogP contribution in [0.4, 0.5) is 4.79 Å². The Labute approximate surface area is 225 Å². The Morgan fingerprint density at radius 2 is 1.87 bits per heavy atom. The van der Waals surface area contributed by atoms with Gasteiger partial charge >= 0.3 is 12.1 Å². The number of aliphatic hydroxyl groups is 3. The summed E-state index contributed by atoms with van der Waals surface area (Å²) in [5.74, 6) is -3.20. The number of ether oxygens (including phenoxy) is 3. The molecule has 216 valence electrons. The number of amides is 2. The van der Waals surface area contributed by atoms with Gasteiger partial charge in [0.1, 0.15) is 30.8 Å². The lowest BCUT2D eigenvalue weighted by Gasteiger charge is -2.49. The topological polar surface area (TPSA) is 207 Å². The Morgan fingerprint density at radius 3 is 2.46 bits per heavy atom. The Kier molecular flexibility index (Phi) is 9.10. The first-order valence-corrected chi connectivity index (χ1v) is 13.7. The summed E-state index contributed by atoms with van der Waals surface area (Å²) < 4.78 is 43.7. The third-order valence-electron chi connectivity index (χ3n) is 6.49. The summed E-state index contributed by atoms with van der Waals surface area (Å²) in [6, 6.07) is 4.16. The van der Waals surface area contributed by atoms with Crippen molar-refractivity contribution in [2.24, 2.45) is 5.92 Å². The van der Waals surface area contributed by atoms with Crippen LogP contribution >= 0.6 is 0 Å². The number of carbonyl (C=O) groups is 3. The Bertz CT molecular complexity index is 1230. The van der Waals surface area contributed by atoms with Crippen LogP contribution in [0, 0.1) is 5.92 Å². The lowest BCUT2D eigenvalue weighted by molar-refractivity contribution is -0.180. The highest BCUT2D eigenvalue weighted by atomic mass is 32.2. The van der Waals surface area contributed by atoms with Gasteiger partial charge in [-0.1, -0.05) is 12.1 Å². The van der Waals surface area contributed by atoms with Crippen LogP contribution in [0.25, 0.3) is 0 Å². The molecule has 3 rings (SSSR count). The average molecular weight is 573 g/mol. The normalized spacial score (nSPS) is 27.6. The summed E-state index contributed by atoms with van der Waals surface area (Å²) in [6.45, 7) is 1.76. The van der Waals surface area contributed by atoms with Crippen molar-refractivity contribution >= 4 is 28.1 Å². The van der Waals surface area contributed by atoms with Crippen molar-refractivity contribution in [2.45, 2.75) is 56.8 Å². The van der Waals surface area contributed by atoms with Gasteiger partial charge in [-0.15, -0.1) is 0 Å². The fourth-order valence-corrected chi connectivity index (χ4v) is 4.83. The lowest BCUT2D eigenvalue weighted by atomic mass is 9.70. The zero-order chi connectivity index (χ0) is 29.1. The van der Waals surface area contributed by atoms with Crippen molar-refractivity contribution in [1.29, 1.82) is 0 Å². The van der Waals surface area contributed by atoms with Crippen LogP contribution in [-0.2, 0) is 40.0 Å². The second-order valence-corrected chi connectivity index (χ2v) is 11.2. The van der Waals surface area contributed by atoms with Crippen LogP contribution in [0.3, 0.4) is 0 Å². The number of aliphatic hydroxyl groups excluding tert-OH is 3. The molecule has 1 saturated heterocycles. The summed E-state index contributed by atoms with van der Waals surface area (Å²) in [6.07, 6.45) is -3.71. The highest BCUT2D eigenvalue weighted by Gasteiger charge is 2.57. The number of fused-ring (bicyclic) bond motifs is 1. The predicted molar refractivity (Wildman–Crippen MR) is 133 cm³/mol. The number of hydrogen-bond donors (Lipinski definition) is 5. The summed E-state index contributed by atoms with van der Waals surface area (Å²) in [7, 11) is -2.50. The van der Waals surface area contributed by atoms with Gasteiger partial charge in [0.05, 0.1) is 37.2 Å². The second-order valence-electron chi connectivity index (χ2n) is 9.59. The first-order chi connectivity index (χ1) is 18.1. The van der Waals surface area contributed by atoms with E-state index in [2.05, 4.69) is 10.6 Å². The fraction of sp³-hybridized carbons (Fsp3) is 0.542. The molecule has 1 aliphatic heterocycles. The van der Waals surface area contributed by atoms with Crippen molar-refractivity contribution in [1.82, 2.24) is 10.6 Å². The van der Waals surface area contributed by atoms with Gasteiger partial charge in [0.2, 0.25) is 5.91 Å². The van der Waals surface area contributed by atoms with Crippen molar-refractivity contribution in [2.75, 3.05) is 20.0 Å². The summed E-state index contributed by atoms with van der Waals surface area (Å²) in [5.41, 5.74) is -1.57. The highest BCUT2D eigenvalue weighted by Crippen LogP contribution is 2.42. The molecule has 0 spiro atoms. The van der Waals surface area contributed by atoms with Gasteiger partial charge < -0.3 is 40.2 Å². The number of cyclic esters (lactones) is 1. The number of hydrogen-bond acceptors (Lipinski definition) is 12. The van der Waals surface area contributed by atoms with E-state index >= 15 is 0 Å². The van der Waals surface area contributed by atoms with Gasteiger partial charge in [-0.2, -0.15) is 8.42 Å². The smallest absolute Gasteiger partial charge is 0.408 e. The molecule has 14 nitrogen and oxygen atoms in total. The lowest BCUT2D eigenvalue weighted by Crippen LogP contribution is -2.68. The highest BCUT2D eigenvalue weighted by molar-refractivity contribution is 7.85. The van der Waals surface area contributed by atoms with E-state index in [4.69, 9.17) is 18.4 Å². The molecule has 1 aliphatic carbocycles. The molecule has 1 heterocycles. The van der Waals surface area contributed by atoms with Crippen molar-refractivity contribution in [3.8, 4) is 5.75 Å². The molecule has 1 unspecified atom stereocenters. The fourth-order valence-electron chi connectivity index (χ4n) is 4.38.